The Morgan fingerprint density at radius 2 is 2.00 bits per heavy atom. The summed E-state index contributed by atoms with van der Waals surface area (Å²) < 4.78 is 0. The maximum Gasteiger partial charge on any atom is 0.314 e. The van der Waals surface area contributed by atoms with Crippen LogP contribution in [-0.2, 0) is 0 Å². The van der Waals surface area contributed by atoms with E-state index in [-0.39, 0.29) is 19.2 Å². The molecule has 0 saturated heterocycles. The van der Waals surface area contributed by atoms with Crippen LogP contribution >= 0.6 is 11.6 Å². The fraction of sp³-hybridized carbons (Fsp3) is 0.833. The number of rotatable bonds is 5. The van der Waals surface area contributed by atoms with Gasteiger partial charge in [0, 0.05) is 19.0 Å². The largest absolute Gasteiger partial charge is 0.395 e. The molecule has 4 nitrogen and oxygen atoms in total. The summed E-state index contributed by atoms with van der Waals surface area (Å²) >= 11 is 5.38. The second kappa shape index (κ2) is 7.63. The highest BCUT2D eigenvalue weighted by atomic mass is 35.5. The van der Waals surface area contributed by atoms with E-state index in [1.54, 1.807) is 0 Å². The number of carbonyl (C=O) groups excluding carboxylic acids is 1. The van der Waals surface area contributed by atoms with Gasteiger partial charge in [0.2, 0.25) is 0 Å². The van der Waals surface area contributed by atoms with Crippen LogP contribution < -0.4 is 10.6 Å². The fourth-order valence-electron chi connectivity index (χ4n) is 0.501. The van der Waals surface area contributed by atoms with Crippen molar-refractivity contribution in [1.29, 1.82) is 0 Å². The molecule has 5 heteroatoms. The van der Waals surface area contributed by atoms with Gasteiger partial charge in [0.1, 0.15) is 0 Å². The number of carbonyl (C=O) groups is 1. The average Bonchev–Trinajstić information content (AvgIpc) is 2.01. The Bertz CT molecular complexity index is 111. The van der Waals surface area contributed by atoms with Crippen molar-refractivity contribution in [3.63, 3.8) is 0 Å². The first-order valence-corrected chi connectivity index (χ1v) is 4.03. The summed E-state index contributed by atoms with van der Waals surface area (Å²) in [4.78, 5) is 10.7. The predicted octanol–water partition coefficient (Wildman–Crippen LogP) is -0.0932. The number of hydrogen-bond donors (Lipinski definition) is 3. The zero-order chi connectivity index (χ0) is 8.53. The van der Waals surface area contributed by atoms with E-state index in [4.69, 9.17) is 16.7 Å². The van der Waals surface area contributed by atoms with E-state index >= 15 is 0 Å². The van der Waals surface area contributed by atoms with Gasteiger partial charge in [-0.15, -0.1) is 11.6 Å². The summed E-state index contributed by atoms with van der Waals surface area (Å²) in [6, 6.07) is -0.260. The third kappa shape index (κ3) is 7.42. The lowest BCUT2D eigenvalue weighted by atomic mass is 10.5. The van der Waals surface area contributed by atoms with Crippen molar-refractivity contribution in [3.05, 3.63) is 0 Å². The van der Waals surface area contributed by atoms with Gasteiger partial charge in [-0.05, 0) is 6.42 Å². The van der Waals surface area contributed by atoms with Crippen molar-refractivity contribution < 1.29 is 9.90 Å². The zero-order valence-corrected chi connectivity index (χ0v) is 7.02. The molecular formula is C6H13ClN2O2. The molecule has 0 radical (unpaired) electrons. The molecule has 0 saturated carbocycles. The first kappa shape index (κ1) is 10.5. The lowest BCUT2D eigenvalue weighted by Crippen LogP contribution is -2.37. The van der Waals surface area contributed by atoms with E-state index in [1.807, 2.05) is 0 Å². The maximum absolute atomic E-state index is 10.7. The number of aliphatic hydroxyl groups excluding tert-OH is 1. The van der Waals surface area contributed by atoms with E-state index in [9.17, 15) is 4.79 Å². The molecule has 0 aromatic heterocycles. The van der Waals surface area contributed by atoms with Gasteiger partial charge in [-0.2, -0.15) is 0 Å². The van der Waals surface area contributed by atoms with Crippen LogP contribution in [0.25, 0.3) is 0 Å². The minimum Gasteiger partial charge on any atom is -0.395 e. The van der Waals surface area contributed by atoms with Gasteiger partial charge in [0.05, 0.1) is 6.61 Å². The lowest BCUT2D eigenvalue weighted by molar-refractivity contribution is 0.234. The molecule has 0 spiro atoms. The quantitative estimate of drug-likeness (QED) is 0.409. The van der Waals surface area contributed by atoms with Crippen molar-refractivity contribution in [3.8, 4) is 0 Å². The Morgan fingerprint density at radius 1 is 1.36 bits per heavy atom. The Morgan fingerprint density at radius 3 is 2.55 bits per heavy atom. The minimum absolute atomic E-state index is 0.0388. The van der Waals surface area contributed by atoms with Crippen LogP contribution in [-0.4, -0.2) is 36.7 Å². The average molecular weight is 181 g/mol. The number of hydrogen-bond acceptors (Lipinski definition) is 2. The lowest BCUT2D eigenvalue weighted by Gasteiger charge is -2.04. The van der Waals surface area contributed by atoms with Crippen LogP contribution in [0.3, 0.4) is 0 Å². The molecule has 0 bridgehead atoms. The molecule has 66 valence electrons. The molecule has 0 aliphatic rings. The maximum atomic E-state index is 10.7. The van der Waals surface area contributed by atoms with Gasteiger partial charge >= 0.3 is 6.03 Å². The number of alkyl halides is 1. The Kier molecular flexibility index (Phi) is 7.29. The van der Waals surface area contributed by atoms with E-state index < -0.39 is 0 Å². The highest BCUT2D eigenvalue weighted by Gasteiger charge is 1.95. The summed E-state index contributed by atoms with van der Waals surface area (Å²) in [7, 11) is 0. The molecule has 0 aliphatic carbocycles. The third-order valence-electron chi connectivity index (χ3n) is 0.993. The summed E-state index contributed by atoms with van der Waals surface area (Å²) in [6.45, 7) is 0.816. The Labute approximate surface area is 70.9 Å². The zero-order valence-electron chi connectivity index (χ0n) is 6.27. The Hall–Kier alpha value is -0.480. The van der Waals surface area contributed by atoms with Crippen molar-refractivity contribution in [2.75, 3.05) is 25.6 Å². The van der Waals surface area contributed by atoms with Crippen molar-refractivity contribution in [1.82, 2.24) is 10.6 Å². The first-order valence-electron chi connectivity index (χ1n) is 3.49. The monoisotopic (exact) mass is 180 g/mol. The summed E-state index contributed by atoms with van der Waals surface area (Å²) in [5.41, 5.74) is 0. The van der Waals surface area contributed by atoms with Crippen molar-refractivity contribution in [2.45, 2.75) is 6.42 Å². The molecule has 0 heterocycles. The van der Waals surface area contributed by atoms with Crippen LogP contribution in [0.1, 0.15) is 6.42 Å². The van der Waals surface area contributed by atoms with Crippen LogP contribution in [0.15, 0.2) is 0 Å². The number of amides is 2. The van der Waals surface area contributed by atoms with Crippen molar-refractivity contribution >= 4 is 17.6 Å². The number of nitrogens with one attached hydrogen (secondary N) is 2. The molecule has 3 N–H and O–H groups in total. The predicted molar refractivity (Wildman–Crippen MR) is 43.8 cm³/mol. The van der Waals surface area contributed by atoms with Gasteiger partial charge in [-0.3, -0.25) is 0 Å². The molecule has 0 aliphatic heterocycles. The number of urea groups is 1. The van der Waals surface area contributed by atoms with Crippen LogP contribution in [0.2, 0.25) is 0 Å². The molecule has 0 atom stereocenters. The summed E-state index contributed by atoms with van der Waals surface area (Å²) in [6.07, 6.45) is 0.758. The molecule has 11 heavy (non-hydrogen) atoms. The highest BCUT2D eigenvalue weighted by Crippen LogP contribution is 1.80. The smallest absolute Gasteiger partial charge is 0.314 e. The minimum atomic E-state index is -0.260. The topological polar surface area (TPSA) is 61.4 Å². The summed E-state index contributed by atoms with van der Waals surface area (Å²) in [5.74, 6) is 0.542. The van der Waals surface area contributed by atoms with E-state index in [1.165, 1.54) is 0 Å². The Balaban J connectivity index is 3.09. The number of aliphatic hydroxyl groups is 1. The molecule has 2 amide bonds. The molecule has 0 aromatic carbocycles. The van der Waals surface area contributed by atoms with Gasteiger partial charge in [0.15, 0.2) is 0 Å². The van der Waals surface area contributed by atoms with Crippen LogP contribution in [0.4, 0.5) is 4.79 Å². The first-order chi connectivity index (χ1) is 5.31. The fourth-order valence-corrected chi connectivity index (χ4v) is 0.634. The van der Waals surface area contributed by atoms with E-state index in [2.05, 4.69) is 10.6 Å². The van der Waals surface area contributed by atoms with E-state index in [0.717, 1.165) is 6.42 Å². The number of halogens is 1. The molecular weight excluding hydrogens is 168 g/mol. The summed E-state index contributed by atoms with van der Waals surface area (Å²) in [5, 5.41) is 13.3. The van der Waals surface area contributed by atoms with Crippen molar-refractivity contribution in [2.24, 2.45) is 0 Å². The normalized spacial score (nSPS) is 9.27. The molecule has 0 aromatic rings. The third-order valence-corrected chi connectivity index (χ3v) is 1.26. The van der Waals surface area contributed by atoms with Gasteiger partial charge < -0.3 is 15.7 Å². The molecule has 0 unspecified atom stereocenters. The van der Waals surface area contributed by atoms with E-state index in [0.29, 0.717) is 12.4 Å². The van der Waals surface area contributed by atoms with Crippen LogP contribution in [0.5, 0.6) is 0 Å². The molecule has 0 fully saturated rings. The molecule has 0 rings (SSSR count). The SMILES string of the molecule is O=C(NCCO)NCCCCl. The van der Waals surface area contributed by atoms with Gasteiger partial charge in [0.25, 0.3) is 0 Å². The van der Waals surface area contributed by atoms with Gasteiger partial charge in [-0.1, -0.05) is 0 Å². The van der Waals surface area contributed by atoms with Gasteiger partial charge in [-0.25, -0.2) is 4.79 Å². The van der Waals surface area contributed by atoms with Crippen LogP contribution in [0, 0.1) is 0 Å². The second-order valence-corrected chi connectivity index (χ2v) is 2.33. The standard InChI is InChI=1S/C6H13ClN2O2/c7-2-1-3-8-6(11)9-4-5-10/h10H,1-5H2,(H2,8,9,11). The second-order valence-electron chi connectivity index (χ2n) is 1.95. The highest BCUT2D eigenvalue weighted by molar-refractivity contribution is 6.17.